The van der Waals surface area contributed by atoms with Gasteiger partial charge in [0.2, 0.25) is 23.5 Å². The molecule has 1 saturated carbocycles. The van der Waals surface area contributed by atoms with Crippen LogP contribution in [0.2, 0.25) is 0 Å². The molecule has 0 unspecified atom stereocenters. The van der Waals surface area contributed by atoms with Crippen LogP contribution in [0.4, 0.5) is 10.5 Å². The largest absolute Gasteiger partial charge is 0.480 e. The number of amides is 3. The zero-order valence-corrected chi connectivity index (χ0v) is 28.9. The monoisotopic (exact) mass is 685 g/mol. The predicted octanol–water partition coefficient (Wildman–Crippen LogP) is 4.34. The molecule has 15 nitrogen and oxygen atoms in total. The third-order valence-electron chi connectivity index (χ3n) is 8.35. The zero-order valence-electron chi connectivity index (χ0n) is 28.9. The Hall–Kier alpha value is -5.60. The van der Waals surface area contributed by atoms with Crippen LogP contribution in [-0.4, -0.2) is 80.9 Å². The summed E-state index contributed by atoms with van der Waals surface area (Å²) in [4.78, 5) is 47.9. The third-order valence-corrected chi connectivity index (χ3v) is 8.35. The molecule has 3 amide bonds. The summed E-state index contributed by atoms with van der Waals surface area (Å²) >= 11 is 0. The molecule has 2 heterocycles. The minimum Gasteiger partial charge on any atom is -0.480 e. The van der Waals surface area contributed by atoms with Gasteiger partial charge in [0.05, 0.1) is 19.8 Å². The molecule has 264 valence electrons. The van der Waals surface area contributed by atoms with E-state index in [1.165, 1.54) is 14.2 Å². The summed E-state index contributed by atoms with van der Waals surface area (Å²) in [6.07, 6.45) is 4.29. The summed E-state index contributed by atoms with van der Waals surface area (Å²) in [5.74, 6) is 0.278. The summed E-state index contributed by atoms with van der Waals surface area (Å²) in [7, 11) is 3.01. The lowest BCUT2D eigenvalue weighted by molar-refractivity contribution is -0.130. The average molecular weight is 686 g/mol. The van der Waals surface area contributed by atoms with Crippen molar-refractivity contribution in [2.75, 3.05) is 26.1 Å². The van der Waals surface area contributed by atoms with E-state index in [2.05, 4.69) is 46.5 Å². The van der Waals surface area contributed by atoms with E-state index < -0.39 is 17.7 Å². The highest BCUT2D eigenvalue weighted by atomic mass is 16.6. The van der Waals surface area contributed by atoms with Crippen LogP contribution >= 0.6 is 0 Å². The molecule has 2 aromatic heterocycles. The number of rotatable bonds is 12. The van der Waals surface area contributed by atoms with E-state index in [-0.39, 0.29) is 36.1 Å². The van der Waals surface area contributed by atoms with Crippen LogP contribution in [0.5, 0.6) is 11.9 Å². The molecule has 0 saturated heterocycles. The third kappa shape index (κ3) is 9.74. The predicted molar refractivity (Wildman–Crippen MR) is 184 cm³/mol. The first-order valence-corrected chi connectivity index (χ1v) is 16.5. The summed E-state index contributed by atoms with van der Waals surface area (Å²) in [6, 6.07) is 14.0. The Labute approximate surface area is 290 Å². The number of nitrogens with zero attached hydrogens (tertiary/aromatic N) is 5. The number of ether oxygens (including phenoxy) is 3. The van der Waals surface area contributed by atoms with E-state index in [0.29, 0.717) is 42.3 Å². The number of nitrogens with one attached hydrogen (secondary N) is 4. The Morgan fingerprint density at radius 2 is 1.64 bits per heavy atom. The first kappa shape index (κ1) is 35.7. The molecule has 1 fully saturated rings. The number of aromatic amines is 1. The Bertz CT molecular complexity index is 1730. The second-order valence-corrected chi connectivity index (χ2v) is 13.1. The maximum absolute atomic E-state index is 13.7. The average Bonchev–Trinajstić information content (AvgIpc) is 3.66. The first-order valence-electron chi connectivity index (χ1n) is 16.5. The fraction of sp³-hybridized carbons (Fsp3) is 0.429. The van der Waals surface area contributed by atoms with Crippen molar-refractivity contribution in [3.63, 3.8) is 0 Å². The van der Waals surface area contributed by atoms with E-state index in [0.717, 1.165) is 29.5 Å². The van der Waals surface area contributed by atoms with Crippen molar-refractivity contribution in [1.29, 1.82) is 0 Å². The number of hydrogen-bond donors (Lipinski definition) is 4. The van der Waals surface area contributed by atoms with E-state index in [1.807, 2.05) is 45.0 Å². The Morgan fingerprint density at radius 1 is 0.940 bits per heavy atom. The number of alkyl carbamates (subject to hydrolysis) is 1. The van der Waals surface area contributed by atoms with Gasteiger partial charge in [-0.2, -0.15) is 10.2 Å². The number of anilines is 1. The van der Waals surface area contributed by atoms with Crippen LogP contribution in [0.3, 0.4) is 0 Å². The lowest BCUT2D eigenvalue weighted by Gasteiger charge is -2.29. The molecule has 15 heteroatoms. The highest BCUT2D eigenvalue weighted by Gasteiger charge is 2.30. The molecule has 0 radical (unpaired) electrons. The van der Waals surface area contributed by atoms with Gasteiger partial charge in [-0.15, -0.1) is 10.2 Å². The van der Waals surface area contributed by atoms with Gasteiger partial charge in [0.25, 0.3) is 0 Å². The van der Waals surface area contributed by atoms with Gasteiger partial charge >= 0.3 is 12.1 Å². The molecule has 1 aliphatic rings. The van der Waals surface area contributed by atoms with Crippen LogP contribution in [0, 0.1) is 11.8 Å². The van der Waals surface area contributed by atoms with E-state index in [9.17, 15) is 14.4 Å². The fourth-order valence-electron chi connectivity index (χ4n) is 5.74. The van der Waals surface area contributed by atoms with Crippen molar-refractivity contribution >= 4 is 23.6 Å². The van der Waals surface area contributed by atoms with Crippen LogP contribution in [0.1, 0.15) is 52.0 Å². The molecule has 4 N–H and O–H groups in total. The van der Waals surface area contributed by atoms with Crippen molar-refractivity contribution < 1.29 is 28.6 Å². The van der Waals surface area contributed by atoms with Crippen molar-refractivity contribution in [3.8, 4) is 34.4 Å². The van der Waals surface area contributed by atoms with E-state index in [4.69, 9.17) is 14.2 Å². The lowest BCUT2D eigenvalue weighted by Crippen LogP contribution is -2.48. The maximum Gasteiger partial charge on any atom is 0.407 e. The van der Waals surface area contributed by atoms with Gasteiger partial charge in [-0.05, 0) is 93.0 Å². The van der Waals surface area contributed by atoms with Gasteiger partial charge in [0.15, 0.2) is 0 Å². The molecule has 5 rings (SSSR count). The molecular formula is C35H43N9O6. The quantitative estimate of drug-likeness (QED) is 0.166. The topological polar surface area (TPSA) is 195 Å². The summed E-state index contributed by atoms with van der Waals surface area (Å²) < 4.78 is 15.9. The molecule has 0 aliphatic heterocycles. The van der Waals surface area contributed by atoms with Crippen molar-refractivity contribution in [2.45, 2.75) is 64.5 Å². The fourth-order valence-corrected chi connectivity index (χ4v) is 5.74. The van der Waals surface area contributed by atoms with Crippen LogP contribution in [0.25, 0.3) is 22.5 Å². The van der Waals surface area contributed by atoms with Gasteiger partial charge < -0.3 is 30.2 Å². The number of aromatic nitrogens is 6. The number of carbonyl (C=O) groups excluding carboxylic acids is 3. The molecule has 1 atom stereocenters. The molecule has 1 aliphatic carbocycles. The maximum atomic E-state index is 13.7. The number of hydrogen-bond acceptors (Lipinski definition) is 11. The summed E-state index contributed by atoms with van der Waals surface area (Å²) in [6.45, 7) is 5.96. The van der Waals surface area contributed by atoms with Crippen LogP contribution < -0.4 is 25.4 Å². The number of carbonyl (C=O) groups is 3. The standard InChI is InChI=1S/C35H43N9O6/c1-35(2,3)50-34(47)37-19-22-8-12-25(13-9-22)30(45)39-28(31(46)38-26-16-14-24(15-17-26)29-41-43-44-42-29)18-21-6-10-23(11-7-21)27-20-36-33(49-5)40-32(27)48-4/h6-7,10-11,14-17,20,22,25,28H,8-9,12-13,18-19H2,1-5H3,(H,37,47)(H,38,46)(H,39,45)(H,41,42,43,44)/t22?,25?,28-/m0/s1. The van der Waals surface area contributed by atoms with Crippen molar-refractivity contribution in [2.24, 2.45) is 11.8 Å². The molecule has 0 bridgehead atoms. The number of tetrazole rings is 1. The van der Waals surface area contributed by atoms with Crippen molar-refractivity contribution in [1.82, 2.24) is 41.2 Å². The molecular weight excluding hydrogens is 642 g/mol. The Kier molecular flexibility index (Phi) is 11.6. The Balaban J connectivity index is 1.25. The van der Waals surface area contributed by atoms with Gasteiger partial charge in [0, 0.05) is 36.3 Å². The summed E-state index contributed by atoms with van der Waals surface area (Å²) in [5.41, 5.74) is 3.06. The number of H-pyrrole nitrogens is 1. The van der Waals surface area contributed by atoms with Crippen LogP contribution in [-0.2, 0) is 20.7 Å². The van der Waals surface area contributed by atoms with Crippen LogP contribution in [0.15, 0.2) is 54.7 Å². The minimum absolute atomic E-state index is 0.173. The van der Waals surface area contributed by atoms with Gasteiger partial charge in [-0.1, -0.05) is 24.3 Å². The summed E-state index contributed by atoms with van der Waals surface area (Å²) in [5, 5.41) is 22.8. The minimum atomic E-state index is -0.851. The van der Waals surface area contributed by atoms with Crippen molar-refractivity contribution in [3.05, 3.63) is 60.3 Å². The zero-order chi connectivity index (χ0) is 35.7. The number of benzene rings is 2. The highest BCUT2D eigenvalue weighted by molar-refractivity contribution is 5.97. The number of methoxy groups -OCH3 is 2. The SMILES string of the molecule is COc1ncc(-c2ccc(C[C@H](NC(=O)C3CCC(CNC(=O)OC(C)(C)C)CC3)C(=O)Nc3ccc(-c4nn[nH]n4)cc3)cc2)c(OC)n1. The normalized spacial score (nSPS) is 16.5. The molecule has 50 heavy (non-hydrogen) atoms. The van der Waals surface area contributed by atoms with E-state index >= 15 is 0 Å². The second kappa shape index (κ2) is 16.2. The molecule has 0 spiro atoms. The van der Waals surface area contributed by atoms with Gasteiger partial charge in [-0.25, -0.2) is 9.78 Å². The van der Waals surface area contributed by atoms with Gasteiger partial charge in [0.1, 0.15) is 11.6 Å². The lowest BCUT2D eigenvalue weighted by atomic mass is 9.81. The second-order valence-electron chi connectivity index (χ2n) is 13.1. The highest BCUT2D eigenvalue weighted by Crippen LogP contribution is 2.30. The first-order chi connectivity index (χ1) is 24.0. The smallest absolute Gasteiger partial charge is 0.407 e. The Morgan fingerprint density at radius 3 is 2.26 bits per heavy atom. The van der Waals surface area contributed by atoms with E-state index in [1.54, 1.807) is 30.5 Å². The van der Waals surface area contributed by atoms with Gasteiger partial charge in [-0.3, -0.25) is 9.59 Å². The molecule has 2 aromatic carbocycles. The molecule has 4 aromatic rings.